The molecule has 17 heavy (non-hydrogen) atoms. The van der Waals surface area contributed by atoms with Crippen molar-refractivity contribution < 1.29 is 9.47 Å². The van der Waals surface area contributed by atoms with Gasteiger partial charge >= 0.3 is 0 Å². The highest BCUT2D eigenvalue weighted by Crippen LogP contribution is 2.15. The van der Waals surface area contributed by atoms with Gasteiger partial charge in [-0.15, -0.1) is 0 Å². The largest absolute Gasteiger partial charge is 0.472 e. The number of ether oxygens (including phenoxy) is 2. The lowest BCUT2D eigenvalue weighted by molar-refractivity contribution is 0.0626. The first-order valence-corrected chi connectivity index (χ1v) is 5.88. The molecule has 1 rings (SSSR count). The molecule has 0 amide bonds. The Morgan fingerprint density at radius 1 is 1.47 bits per heavy atom. The lowest BCUT2D eigenvalue weighted by atomic mass is 10.3. The van der Waals surface area contributed by atoms with E-state index in [2.05, 4.69) is 15.3 Å². The maximum Gasteiger partial charge on any atom is 0.221 e. The molecule has 1 unspecified atom stereocenters. The molecule has 0 spiro atoms. The summed E-state index contributed by atoms with van der Waals surface area (Å²) in [6.07, 6.45) is 1.78. The van der Waals surface area contributed by atoms with Crippen LogP contribution in [0.4, 0.5) is 0 Å². The minimum Gasteiger partial charge on any atom is -0.472 e. The Kier molecular flexibility index (Phi) is 5.86. The molecule has 1 aromatic heterocycles. The van der Waals surface area contributed by atoms with E-state index in [0.717, 1.165) is 5.56 Å². The minimum atomic E-state index is -0.0140. The number of hydrogen-bond donors (Lipinski definition) is 1. The van der Waals surface area contributed by atoms with Crippen LogP contribution in [0.15, 0.2) is 6.20 Å². The lowest BCUT2D eigenvalue weighted by Crippen LogP contribution is -2.21. The molecule has 0 aliphatic carbocycles. The molecular formula is C12H21N3O2. The summed E-state index contributed by atoms with van der Waals surface area (Å²) in [6, 6.07) is 0. The van der Waals surface area contributed by atoms with E-state index in [1.54, 1.807) is 6.20 Å². The van der Waals surface area contributed by atoms with E-state index >= 15 is 0 Å². The monoisotopic (exact) mass is 239 g/mol. The molecule has 0 aliphatic rings. The van der Waals surface area contributed by atoms with Crippen LogP contribution >= 0.6 is 0 Å². The summed E-state index contributed by atoms with van der Waals surface area (Å²) in [7, 11) is 1.88. The van der Waals surface area contributed by atoms with Crippen LogP contribution in [-0.4, -0.2) is 36.3 Å². The zero-order valence-electron chi connectivity index (χ0n) is 11.0. The molecule has 1 atom stereocenters. The zero-order chi connectivity index (χ0) is 12.7. The maximum absolute atomic E-state index is 5.76. The summed E-state index contributed by atoms with van der Waals surface area (Å²) in [4.78, 5) is 8.48. The molecular weight excluding hydrogens is 218 g/mol. The summed E-state index contributed by atoms with van der Waals surface area (Å²) < 4.78 is 11.1. The van der Waals surface area contributed by atoms with Gasteiger partial charge in [0.15, 0.2) is 0 Å². The first-order valence-electron chi connectivity index (χ1n) is 5.88. The van der Waals surface area contributed by atoms with Crippen LogP contribution in [-0.2, 0) is 11.3 Å². The molecule has 0 aromatic carbocycles. The predicted octanol–water partition coefficient (Wildman–Crippen LogP) is 1.31. The fourth-order valence-electron chi connectivity index (χ4n) is 1.40. The van der Waals surface area contributed by atoms with E-state index in [1.165, 1.54) is 0 Å². The van der Waals surface area contributed by atoms with Crippen molar-refractivity contribution in [3.63, 3.8) is 0 Å². The third-order valence-electron chi connectivity index (χ3n) is 2.18. The molecule has 0 saturated heterocycles. The van der Waals surface area contributed by atoms with Gasteiger partial charge in [-0.1, -0.05) is 0 Å². The van der Waals surface area contributed by atoms with E-state index in [9.17, 15) is 0 Å². The van der Waals surface area contributed by atoms with Gasteiger partial charge in [0.05, 0.1) is 6.61 Å². The van der Waals surface area contributed by atoms with E-state index in [4.69, 9.17) is 9.47 Å². The van der Waals surface area contributed by atoms with Crippen LogP contribution in [0.25, 0.3) is 0 Å². The predicted molar refractivity (Wildman–Crippen MR) is 66.1 cm³/mol. The Bertz CT molecular complexity index is 345. The molecule has 0 aliphatic heterocycles. The molecule has 0 fully saturated rings. The highest BCUT2D eigenvalue weighted by Gasteiger charge is 2.10. The third-order valence-corrected chi connectivity index (χ3v) is 2.18. The molecule has 5 heteroatoms. The van der Waals surface area contributed by atoms with Gasteiger partial charge in [0.25, 0.3) is 0 Å². The van der Waals surface area contributed by atoms with Crippen LogP contribution in [0.3, 0.4) is 0 Å². The highest BCUT2D eigenvalue weighted by molar-refractivity contribution is 5.23. The minimum absolute atomic E-state index is 0.0140. The fraction of sp³-hybridized carbons (Fsp3) is 0.667. The topological polar surface area (TPSA) is 56.3 Å². The van der Waals surface area contributed by atoms with Gasteiger partial charge in [-0.05, 0) is 27.8 Å². The average molecular weight is 239 g/mol. The molecule has 0 radical (unpaired) electrons. The van der Waals surface area contributed by atoms with Crippen LogP contribution in [0.5, 0.6) is 5.88 Å². The number of rotatable bonds is 7. The number of aromatic nitrogens is 2. The maximum atomic E-state index is 5.76. The van der Waals surface area contributed by atoms with Crippen molar-refractivity contribution in [2.45, 2.75) is 33.4 Å². The number of hydrogen-bond acceptors (Lipinski definition) is 5. The van der Waals surface area contributed by atoms with E-state index < -0.39 is 0 Å². The van der Waals surface area contributed by atoms with Crippen LogP contribution in [0.2, 0.25) is 0 Å². The Balaban J connectivity index is 2.69. The second-order valence-corrected chi connectivity index (χ2v) is 3.87. The average Bonchev–Trinajstić information content (AvgIpc) is 2.30. The van der Waals surface area contributed by atoms with Crippen molar-refractivity contribution in [1.82, 2.24) is 15.3 Å². The van der Waals surface area contributed by atoms with Crippen LogP contribution in [0.1, 0.15) is 25.2 Å². The van der Waals surface area contributed by atoms with Gasteiger partial charge in [-0.25, -0.2) is 4.98 Å². The van der Waals surface area contributed by atoms with E-state index in [-0.39, 0.29) is 6.10 Å². The Hall–Kier alpha value is -1.20. The van der Waals surface area contributed by atoms with Gasteiger partial charge in [0, 0.05) is 24.9 Å². The number of nitrogens with one attached hydrogen (secondary N) is 1. The first kappa shape index (κ1) is 13.9. The zero-order valence-corrected chi connectivity index (χ0v) is 11.0. The molecule has 5 nitrogen and oxygen atoms in total. The number of nitrogens with zero attached hydrogens (tertiary/aromatic N) is 2. The molecule has 0 bridgehead atoms. The highest BCUT2D eigenvalue weighted by atomic mass is 16.5. The second kappa shape index (κ2) is 7.19. The first-order chi connectivity index (χ1) is 8.17. The van der Waals surface area contributed by atoms with Crippen molar-refractivity contribution in [3.8, 4) is 5.88 Å². The normalized spacial score (nSPS) is 12.5. The van der Waals surface area contributed by atoms with Gasteiger partial charge in [0.2, 0.25) is 5.88 Å². The molecule has 1 aromatic rings. The van der Waals surface area contributed by atoms with Gasteiger partial charge in [-0.3, -0.25) is 0 Å². The summed E-state index contributed by atoms with van der Waals surface area (Å²) >= 11 is 0. The Morgan fingerprint density at radius 2 is 2.24 bits per heavy atom. The quantitative estimate of drug-likeness (QED) is 0.777. The smallest absolute Gasteiger partial charge is 0.221 e. The summed E-state index contributed by atoms with van der Waals surface area (Å²) in [5, 5.41) is 3.07. The lowest BCUT2D eigenvalue weighted by Gasteiger charge is -2.16. The van der Waals surface area contributed by atoms with Crippen molar-refractivity contribution in [3.05, 3.63) is 17.6 Å². The van der Waals surface area contributed by atoms with E-state index in [0.29, 0.717) is 31.5 Å². The van der Waals surface area contributed by atoms with Gasteiger partial charge in [-0.2, -0.15) is 4.98 Å². The van der Waals surface area contributed by atoms with Gasteiger partial charge in [0.1, 0.15) is 11.9 Å². The molecule has 96 valence electrons. The molecule has 1 heterocycles. The molecule has 1 N–H and O–H groups in total. The number of aryl methyl sites for hydroxylation is 1. The van der Waals surface area contributed by atoms with Crippen LogP contribution < -0.4 is 10.1 Å². The summed E-state index contributed by atoms with van der Waals surface area (Å²) in [6.45, 7) is 7.74. The van der Waals surface area contributed by atoms with Crippen LogP contribution in [0, 0.1) is 6.92 Å². The van der Waals surface area contributed by atoms with Crippen molar-refractivity contribution in [1.29, 1.82) is 0 Å². The van der Waals surface area contributed by atoms with Gasteiger partial charge < -0.3 is 14.8 Å². The van der Waals surface area contributed by atoms with Crippen molar-refractivity contribution >= 4 is 0 Å². The van der Waals surface area contributed by atoms with Crippen molar-refractivity contribution in [2.75, 3.05) is 20.3 Å². The van der Waals surface area contributed by atoms with E-state index in [1.807, 2.05) is 27.8 Å². The second-order valence-electron chi connectivity index (χ2n) is 3.87. The standard InChI is InChI=1S/C12H21N3O2/c1-5-16-8-9(2)17-12-11(6-13-4)7-14-10(3)15-12/h7,9,13H,5-6,8H2,1-4H3. The SMILES string of the molecule is CCOCC(C)Oc1nc(C)ncc1CNC. The van der Waals surface area contributed by atoms with Crippen molar-refractivity contribution in [2.24, 2.45) is 0 Å². The molecule has 0 saturated carbocycles. The fourth-order valence-corrected chi connectivity index (χ4v) is 1.40. The summed E-state index contributed by atoms with van der Waals surface area (Å²) in [5.74, 6) is 1.35. The summed E-state index contributed by atoms with van der Waals surface area (Å²) in [5.41, 5.74) is 0.960. The third kappa shape index (κ3) is 4.66. The Morgan fingerprint density at radius 3 is 2.88 bits per heavy atom. The Labute approximate surface area is 103 Å².